The van der Waals surface area contributed by atoms with E-state index in [9.17, 15) is 18.0 Å². The van der Waals surface area contributed by atoms with E-state index < -0.39 is 18.1 Å². The van der Waals surface area contributed by atoms with Gasteiger partial charge in [0.1, 0.15) is 17.4 Å². The van der Waals surface area contributed by atoms with Gasteiger partial charge in [0.05, 0.1) is 11.9 Å². The third kappa shape index (κ3) is 3.30. The molecule has 1 aliphatic heterocycles. The van der Waals surface area contributed by atoms with Gasteiger partial charge in [-0.25, -0.2) is 14.5 Å². The van der Waals surface area contributed by atoms with Gasteiger partial charge in [-0.3, -0.25) is 10.1 Å². The van der Waals surface area contributed by atoms with E-state index in [1.807, 2.05) is 13.8 Å². The Morgan fingerprint density at radius 3 is 2.79 bits per heavy atom. The fourth-order valence-electron chi connectivity index (χ4n) is 3.25. The molecule has 0 bridgehead atoms. The van der Waals surface area contributed by atoms with Crippen molar-refractivity contribution in [2.45, 2.75) is 38.9 Å². The van der Waals surface area contributed by atoms with Gasteiger partial charge in [-0.15, -0.1) is 11.3 Å². The van der Waals surface area contributed by atoms with Gasteiger partial charge in [0.15, 0.2) is 10.8 Å². The number of halogens is 3. The number of carbonyl (C=O) groups excluding carboxylic acids is 1. The van der Waals surface area contributed by atoms with Crippen LogP contribution in [0.2, 0.25) is 0 Å². The summed E-state index contributed by atoms with van der Waals surface area (Å²) >= 11 is 1.35. The number of aryl methyl sites for hydroxylation is 2. The monoisotopic (exact) mass is 410 g/mol. The lowest BCUT2D eigenvalue weighted by atomic mass is 10.2. The number of hydrogen-bond donors (Lipinski definition) is 1. The molecular formula is C17H17F3N6OS. The number of amides is 1. The van der Waals surface area contributed by atoms with E-state index >= 15 is 0 Å². The molecule has 4 rings (SSSR count). The predicted octanol–water partition coefficient (Wildman–Crippen LogP) is 3.59. The average Bonchev–Trinajstić information content (AvgIpc) is 3.33. The van der Waals surface area contributed by atoms with Crippen LogP contribution in [0.15, 0.2) is 18.5 Å². The van der Waals surface area contributed by atoms with Crippen LogP contribution in [0.4, 0.5) is 24.1 Å². The molecule has 28 heavy (non-hydrogen) atoms. The largest absolute Gasteiger partial charge is 0.408 e. The summed E-state index contributed by atoms with van der Waals surface area (Å²) in [4.78, 5) is 23.4. The Morgan fingerprint density at radius 1 is 1.32 bits per heavy atom. The number of anilines is 2. The van der Waals surface area contributed by atoms with Gasteiger partial charge in [-0.1, -0.05) is 0 Å². The lowest BCUT2D eigenvalue weighted by Crippen LogP contribution is -2.41. The maximum atomic E-state index is 13.3. The number of rotatable bonds is 3. The van der Waals surface area contributed by atoms with Gasteiger partial charge in [-0.05, 0) is 32.8 Å². The van der Waals surface area contributed by atoms with Crippen LogP contribution in [-0.2, 0) is 0 Å². The van der Waals surface area contributed by atoms with E-state index in [4.69, 9.17) is 0 Å². The van der Waals surface area contributed by atoms with Crippen LogP contribution >= 0.6 is 11.3 Å². The molecule has 7 nitrogen and oxygen atoms in total. The maximum Gasteiger partial charge on any atom is 0.408 e. The highest BCUT2D eigenvalue weighted by atomic mass is 32.1. The molecule has 3 aromatic heterocycles. The van der Waals surface area contributed by atoms with E-state index in [1.54, 1.807) is 0 Å². The summed E-state index contributed by atoms with van der Waals surface area (Å²) in [6.45, 7) is 4.01. The third-order valence-electron chi connectivity index (χ3n) is 4.77. The topological polar surface area (TPSA) is 75.4 Å². The average molecular weight is 410 g/mol. The first kappa shape index (κ1) is 18.7. The number of thiazole rings is 1. The fraction of sp³-hybridized carbons (Fsp3) is 0.412. The first-order valence-corrected chi connectivity index (χ1v) is 9.49. The van der Waals surface area contributed by atoms with Crippen molar-refractivity contribution in [1.29, 1.82) is 0 Å². The summed E-state index contributed by atoms with van der Waals surface area (Å²) in [5.74, 6) is -0.273. The molecule has 11 heteroatoms. The Kier molecular flexibility index (Phi) is 4.48. The van der Waals surface area contributed by atoms with Crippen LogP contribution < -0.4 is 10.2 Å². The van der Waals surface area contributed by atoms with Crippen molar-refractivity contribution in [2.75, 3.05) is 16.8 Å². The van der Waals surface area contributed by atoms with Gasteiger partial charge in [0.2, 0.25) is 0 Å². The molecule has 1 aliphatic rings. The summed E-state index contributed by atoms with van der Waals surface area (Å²) in [6.07, 6.45) is -0.999. The first-order valence-electron chi connectivity index (χ1n) is 8.67. The minimum Gasteiger partial charge on any atom is -0.344 e. The normalized spacial score (nSPS) is 17.5. The molecule has 0 aliphatic carbocycles. The second-order valence-electron chi connectivity index (χ2n) is 6.62. The molecule has 1 fully saturated rings. The molecule has 148 valence electrons. The van der Waals surface area contributed by atoms with Gasteiger partial charge in [0.25, 0.3) is 5.91 Å². The number of nitrogens with zero attached hydrogens (tertiary/aromatic N) is 5. The molecule has 0 spiro atoms. The smallest absolute Gasteiger partial charge is 0.344 e. The Morgan fingerprint density at radius 2 is 2.11 bits per heavy atom. The fourth-order valence-corrected chi connectivity index (χ4v) is 4.06. The van der Waals surface area contributed by atoms with Gasteiger partial charge in [0, 0.05) is 17.6 Å². The summed E-state index contributed by atoms with van der Waals surface area (Å²) in [5.41, 5.74) is 1.20. The molecule has 1 atom stereocenters. The first-order chi connectivity index (χ1) is 13.2. The second kappa shape index (κ2) is 6.73. The standard InChI is InChI=1S/C17H17F3N6OS/c1-9-10(2)28-16(22-9)24-15(27)11-8-21-26-7-5-13(23-14(11)26)25-6-3-4-12(25)17(18,19)20/h5,7-8,12H,3-4,6H2,1-2H3,(H,22,24,27)/t12-/m1/s1. The molecule has 1 amide bonds. The summed E-state index contributed by atoms with van der Waals surface area (Å²) in [6, 6.07) is -0.0804. The molecule has 0 radical (unpaired) electrons. The van der Waals surface area contributed by atoms with Crippen molar-refractivity contribution in [2.24, 2.45) is 0 Å². The van der Waals surface area contributed by atoms with Gasteiger partial charge < -0.3 is 4.90 Å². The highest BCUT2D eigenvalue weighted by Crippen LogP contribution is 2.35. The SMILES string of the molecule is Cc1nc(NC(=O)c2cnn3ccc(N4CCC[C@@H]4C(F)(F)F)nc23)sc1C. The molecule has 0 unspecified atom stereocenters. The minimum absolute atomic E-state index is 0.0334. The van der Waals surface area contributed by atoms with E-state index in [0.717, 1.165) is 10.6 Å². The highest BCUT2D eigenvalue weighted by molar-refractivity contribution is 7.15. The van der Waals surface area contributed by atoms with Crippen molar-refractivity contribution >= 4 is 33.8 Å². The number of carbonyl (C=O) groups is 1. The van der Waals surface area contributed by atoms with Crippen LogP contribution in [0.3, 0.4) is 0 Å². The zero-order valence-electron chi connectivity index (χ0n) is 15.1. The number of fused-ring (bicyclic) bond motifs is 1. The Bertz CT molecular complexity index is 1020. The van der Waals surface area contributed by atoms with E-state index in [-0.39, 0.29) is 30.0 Å². The van der Waals surface area contributed by atoms with Crippen molar-refractivity contribution in [3.05, 3.63) is 34.6 Å². The number of nitrogens with one attached hydrogen (secondary N) is 1. The third-order valence-corrected chi connectivity index (χ3v) is 5.76. The highest BCUT2D eigenvalue weighted by Gasteiger charge is 2.46. The van der Waals surface area contributed by atoms with Crippen molar-refractivity contribution in [3.8, 4) is 0 Å². The quantitative estimate of drug-likeness (QED) is 0.714. The summed E-state index contributed by atoms with van der Waals surface area (Å²) < 4.78 is 41.2. The summed E-state index contributed by atoms with van der Waals surface area (Å²) in [5, 5.41) is 7.23. The number of alkyl halides is 3. The molecular weight excluding hydrogens is 393 g/mol. The van der Waals surface area contributed by atoms with Gasteiger partial charge >= 0.3 is 6.18 Å². The molecule has 4 heterocycles. The zero-order chi connectivity index (χ0) is 20.1. The number of aromatic nitrogens is 4. The lowest BCUT2D eigenvalue weighted by molar-refractivity contribution is -0.146. The maximum absolute atomic E-state index is 13.3. The predicted molar refractivity (Wildman–Crippen MR) is 99.0 cm³/mol. The lowest BCUT2D eigenvalue weighted by Gasteiger charge is -2.27. The minimum atomic E-state index is -4.33. The molecule has 0 aromatic carbocycles. The Hall–Kier alpha value is -2.69. The molecule has 3 aromatic rings. The second-order valence-corrected chi connectivity index (χ2v) is 7.82. The molecule has 1 N–H and O–H groups in total. The van der Waals surface area contributed by atoms with Crippen molar-refractivity contribution in [1.82, 2.24) is 19.6 Å². The van der Waals surface area contributed by atoms with E-state index in [2.05, 4.69) is 20.4 Å². The molecule has 0 saturated carbocycles. The van der Waals surface area contributed by atoms with Crippen LogP contribution in [0.25, 0.3) is 5.65 Å². The van der Waals surface area contributed by atoms with Gasteiger partial charge in [-0.2, -0.15) is 18.3 Å². The summed E-state index contributed by atoms with van der Waals surface area (Å²) in [7, 11) is 0. The van der Waals surface area contributed by atoms with E-state index in [1.165, 1.54) is 39.2 Å². The number of hydrogen-bond acceptors (Lipinski definition) is 6. The van der Waals surface area contributed by atoms with Crippen molar-refractivity contribution < 1.29 is 18.0 Å². The Balaban J connectivity index is 1.65. The van der Waals surface area contributed by atoms with Crippen LogP contribution in [0, 0.1) is 13.8 Å². The molecule has 1 saturated heterocycles. The van der Waals surface area contributed by atoms with E-state index in [0.29, 0.717) is 11.6 Å². The van der Waals surface area contributed by atoms with Crippen LogP contribution in [0.5, 0.6) is 0 Å². The van der Waals surface area contributed by atoms with Crippen molar-refractivity contribution in [3.63, 3.8) is 0 Å². The Labute approximate surface area is 162 Å². The zero-order valence-corrected chi connectivity index (χ0v) is 15.9. The van der Waals surface area contributed by atoms with Crippen LogP contribution in [-0.4, -0.2) is 44.3 Å². The van der Waals surface area contributed by atoms with Crippen LogP contribution in [0.1, 0.15) is 33.8 Å².